The van der Waals surface area contributed by atoms with Gasteiger partial charge in [-0.05, 0) is 57.4 Å². The average Bonchev–Trinajstić information content (AvgIpc) is 2.68. The summed E-state index contributed by atoms with van der Waals surface area (Å²) in [6, 6.07) is 11.7. The van der Waals surface area contributed by atoms with E-state index in [1.807, 2.05) is 17.0 Å². The van der Waals surface area contributed by atoms with Gasteiger partial charge < -0.3 is 9.47 Å². The molecule has 0 radical (unpaired) electrons. The molecule has 1 heterocycles. The highest BCUT2D eigenvalue weighted by Gasteiger charge is 2.13. The lowest BCUT2D eigenvalue weighted by molar-refractivity contribution is -0.123. The number of hydrogen-bond acceptors (Lipinski definition) is 5. The first kappa shape index (κ1) is 20.4. The number of nitrogens with zero attached hydrogens (tertiary/aromatic N) is 2. The van der Waals surface area contributed by atoms with Gasteiger partial charge in [0.05, 0.1) is 30.4 Å². The fourth-order valence-electron chi connectivity index (χ4n) is 2.68. The lowest BCUT2D eigenvalue weighted by Crippen LogP contribution is -2.42. The van der Waals surface area contributed by atoms with Crippen molar-refractivity contribution >= 4 is 28.1 Å². The Kier molecular flexibility index (Phi) is 7.53. The molecule has 0 bridgehead atoms. The molecule has 1 aliphatic heterocycles. The van der Waals surface area contributed by atoms with E-state index in [9.17, 15) is 9.18 Å². The Bertz CT molecular complexity index is 841. The van der Waals surface area contributed by atoms with E-state index in [1.54, 1.807) is 24.4 Å². The molecular formula is C20H21BrFN3O3. The molecule has 0 saturated carbocycles. The minimum absolute atomic E-state index is 0.160. The van der Waals surface area contributed by atoms with Gasteiger partial charge in [0.2, 0.25) is 0 Å². The van der Waals surface area contributed by atoms with Crippen LogP contribution in [0.25, 0.3) is 0 Å². The maximum absolute atomic E-state index is 13.2. The summed E-state index contributed by atoms with van der Waals surface area (Å²) in [6.45, 7) is 3.37. The normalized spacial score (nSPS) is 14.9. The van der Waals surface area contributed by atoms with Gasteiger partial charge in [0.25, 0.3) is 5.91 Å². The first-order valence-corrected chi connectivity index (χ1v) is 9.68. The molecule has 1 saturated heterocycles. The molecule has 0 spiro atoms. The van der Waals surface area contributed by atoms with E-state index in [2.05, 4.69) is 26.5 Å². The van der Waals surface area contributed by atoms with Gasteiger partial charge in [-0.2, -0.15) is 5.10 Å². The van der Waals surface area contributed by atoms with Crippen LogP contribution >= 0.6 is 15.9 Å². The monoisotopic (exact) mass is 449 g/mol. The highest BCUT2D eigenvalue weighted by Crippen LogP contribution is 2.26. The summed E-state index contributed by atoms with van der Waals surface area (Å²) in [7, 11) is 0. The molecule has 1 fully saturated rings. The number of halogens is 2. The lowest BCUT2D eigenvalue weighted by Gasteiger charge is -2.25. The van der Waals surface area contributed by atoms with Gasteiger partial charge >= 0.3 is 0 Å². The van der Waals surface area contributed by atoms with Crippen molar-refractivity contribution in [2.24, 2.45) is 5.10 Å². The van der Waals surface area contributed by atoms with Crippen molar-refractivity contribution in [3.63, 3.8) is 0 Å². The van der Waals surface area contributed by atoms with Crippen molar-refractivity contribution < 1.29 is 18.7 Å². The fourth-order valence-corrected chi connectivity index (χ4v) is 3.19. The van der Waals surface area contributed by atoms with E-state index in [1.165, 1.54) is 12.1 Å². The summed E-state index contributed by atoms with van der Waals surface area (Å²) < 4.78 is 24.9. The van der Waals surface area contributed by atoms with Crippen molar-refractivity contribution in [2.45, 2.75) is 6.61 Å². The summed E-state index contributed by atoms with van der Waals surface area (Å²) in [5.74, 6) is 0.187. The zero-order valence-corrected chi connectivity index (χ0v) is 16.8. The molecular weight excluding hydrogens is 429 g/mol. The van der Waals surface area contributed by atoms with Gasteiger partial charge in [-0.15, -0.1) is 0 Å². The minimum Gasteiger partial charge on any atom is -0.488 e. The van der Waals surface area contributed by atoms with E-state index >= 15 is 0 Å². The minimum atomic E-state index is -0.289. The van der Waals surface area contributed by atoms with Gasteiger partial charge in [-0.3, -0.25) is 9.69 Å². The molecule has 148 valence electrons. The molecule has 6 nitrogen and oxygen atoms in total. The average molecular weight is 450 g/mol. The first-order chi connectivity index (χ1) is 13.6. The number of ether oxygens (including phenoxy) is 2. The van der Waals surface area contributed by atoms with E-state index in [4.69, 9.17) is 9.47 Å². The van der Waals surface area contributed by atoms with Crippen LogP contribution in [0.3, 0.4) is 0 Å². The van der Waals surface area contributed by atoms with E-state index in [0.29, 0.717) is 25.5 Å². The van der Waals surface area contributed by atoms with Gasteiger partial charge in [0.15, 0.2) is 0 Å². The maximum atomic E-state index is 13.2. The number of morpholine rings is 1. The molecule has 0 aliphatic carbocycles. The van der Waals surface area contributed by atoms with E-state index < -0.39 is 0 Å². The van der Waals surface area contributed by atoms with E-state index in [0.717, 1.165) is 28.7 Å². The molecule has 2 aromatic rings. The quantitative estimate of drug-likeness (QED) is 0.521. The van der Waals surface area contributed by atoms with Crippen LogP contribution in [0, 0.1) is 5.82 Å². The van der Waals surface area contributed by atoms with Gasteiger partial charge in [-0.25, -0.2) is 9.82 Å². The van der Waals surface area contributed by atoms with Crippen LogP contribution in [0.5, 0.6) is 5.75 Å². The topological polar surface area (TPSA) is 63.2 Å². The number of rotatable bonds is 7. The number of hydrazone groups is 1. The van der Waals surface area contributed by atoms with Crippen LogP contribution in [0.2, 0.25) is 0 Å². The molecule has 1 aliphatic rings. The van der Waals surface area contributed by atoms with Crippen molar-refractivity contribution in [2.75, 3.05) is 32.8 Å². The third-order valence-corrected chi connectivity index (χ3v) is 4.73. The second kappa shape index (κ2) is 10.3. The Morgan fingerprint density at radius 2 is 2.11 bits per heavy atom. The van der Waals surface area contributed by atoms with Crippen molar-refractivity contribution in [3.05, 3.63) is 63.9 Å². The zero-order chi connectivity index (χ0) is 19.8. The third kappa shape index (κ3) is 6.40. The Labute approximate surface area is 171 Å². The molecule has 1 N–H and O–H groups in total. The molecule has 0 unspecified atom stereocenters. The van der Waals surface area contributed by atoms with Crippen molar-refractivity contribution in [1.29, 1.82) is 0 Å². The molecule has 0 aromatic heterocycles. The number of benzene rings is 2. The summed E-state index contributed by atoms with van der Waals surface area (Å²) in [5, 5.41) is 4.00. The number of carbonyl (C=O) groups excluding carboxylic acids is 1. The first-order valence-electron chi connectivity index (χ1n) is 8.89. The van der Waals surface area contributed by atoms with Crippen LogP contribution in [-0.4, -0.2) is 49.9 Å². The number of amides is 1. The van der Waals surface area contributed by atoms with Crippen LogP contribution in [0.15, 0.2) is 52.0 Å². The standard InChI is InChI=1S/C20H21BrFN3O3/c21-18-11-15(12-23-24-20(26)13-25-6-8-27-9-7-25)4-5-19(18)28-14-16-2-1-3-17(22)10-16/h1-5,10-12H,6-9,13-14H2,(H,24,26)/b23-12-. The smallest absolute Gasteiger partial charge is 0.254 e. The molecule has 2 aromatic carbocycles. The predicted molar refractivity (Wildman–Crippen MR) is 108 cm³/mol. The second-order valence-corrected chi connectivity index (χ2v) is 7.14. The van der Waals surface area contributed by atoms with Crippen molar-refractivity contribution in [3.8, 4) is 5.75 Å². The van der Waals surface area contributed by atoms with Crippen LogP contribution in [-0.2, 0) is 16.1 Å². The number of nitrogens with one attached hydrogen (secondary N) is 1. The van der Waals surface area contributed by atoms with Gasteiger partial charge in [-0.1, -0.05) is 12.1 Å². The largest absolute Gasteiger partial charge is 0.488 e. The van der Waals surface area contributed by atoms with Gasteiger partial charge in [0.1, 0.15) is 18.2 Å². The van der Waals surface area contributed by atoms with E-state index in [-0.39, 0.29) is 18.3 Å². The molecule has 28 heavy (non-hydrogen) atoms. The lowest BCUT2D eigenvalue weighted by atomic mass is 10.2. The van der Waals surface area contributed by atoms with Gasteiger partial charge in [0, 0.05) is 13.1 Å². The third-order valence-electron chi connectivity index (χ3n) is 4.11. The highest BCUT2D eigenvalue weighted by molar-refractivity contribution is 9.10. The maximum Gasteiger partial charge on any atom is 0.254 e. The molecule has 3 rings (SSSR count). The summed E-state index contributed by atoms with van der Waals surface area (Å²) in [6.07, 6.45) is 1.57. The molecule has 8 heteroatoms. The zero-order valence-electron chi connectivity index (χ0n) is 15.2. The van der Waals surface area contributed by atoms with Crippen LogP contribution in [0.1, 0.15) is 11.1 Å². The Morgan fingerprint density at radius 3 is 2.86 bits per heavy atom. The van der Waals surface area contributed by atoms with Crippen LogP contribution < -0.4 is 10.2 Å². The Morgan fingerprint density at radius 1 is 1.29 bits per heavy atom. The fraction of sp³-hybridized carbons (Fsp3) is 0.300. The summed E-state index contributed by atoms with van der Waals surface area (Å²) in [5.41, 5.74) is 4.08. The summed E-state index contributed by atoms with van der Waals surface area (Å²) >= 11 is 3.46. The Hall–Kier alpha value is -2.29. The SMILES string of the molecule is O=C(CN1CCOCC1)N/N=C\c1ccc(OCc2cccc(F)c2)c(Br)c1. The highest BCUT2D eigenvalue weighted by atomic mass is 79.9. The number of hydrogen-bond donors (Lipinski definition) is 1. The second-order valence-electron chi connectivity index (χ2n) is 6.29. The Balaban J connectivity index is 1.49. The van der Waals surface area contributed by atoms with Crippen LogP contribution in [0.4, 0.5) is 4.39 Å². The number of carbonyl (C=O) groups is 1. The molecule has 1 amide bonds. The summed E-state index contributed by atoms with van der Waals surface area (Å²) in [4.78, 5) is 13.9. The predicted octanol–water partition coefficient (Wildman–Crippen LogP) is 2.95. The van der Waals surface area contributed by atoms with Crippen molar-refractivity contribution in [1.82, 2.24) is 10.3 Å². The molecule has 0 atom stereocenters.